The number of thioether (sulfide) groups is 1. The van der Waals surface area contributed by atoms with Gasteiger partial charge in [-0.25, -0.2) is 4.79 Å². The monoisotopic (exact) mass is 212 g/mol. The molecule has 1 aromatic heterocycles. The van der Waals surface area contributed by atoms with Crippen molar-refractivity contribution in [3.05, 3.63) is 16.8 Å². The molecule has 0 aromatic carbocycles. The lowest BCUT2D eigenvalue weighted by Crippen LogP contribution is -2.16. The number of nitrogens with one attached hydrogen (secondary N) is 1. The molecule has 1 aliphatic rings. The van der Waals surface area contributed by atoms with Crippen molar-refractivity contribution in [2.45, 2.75) is 6.92 Å². The fourth-order valence-electron chi connectivity index (χ4n) is 1.23. The highest BCUT2D eigenvalue weighted by Gasteiger charge is 2.26. The Hall–Kier alpha value is -1.50. The number of carboxylic acid groups (broad SMARTS) is 1. The largest absolute Gasteiger partial charge is 0.477 e. The predicted molar refractivity (Wildman–Crippen MR) is 51.7 cm³/mol. The third-order valence-corrected chi connectivity index (χ3v) is 3.09. The lowest BCUT2D eigenvalue weighted by atomic mass is 10.4. The number of aromatic nitrogens is 3. The Morgan fingerprint density at radius 2 is 2.57 bits per heavy atom. The minimum absolute atomic E-state index is 0.369. The topological polar surface area (TPSA) is 82.1 Å². The minimum Gasteiger partial charge on any atom is -0.477 e. The fraction of sp³-hybridized carbons (Fsp3) is 0.286. The highest BCUT2D eigenvalue weighted by molar-refractivity contribution is 8.04. The minimum atomic E-state index is -0.890. The summed E-state index contributed by atoms with van der Waals surface area (Å²) in [6.07, 6.45) is 1.56. The van der Waals surface area contributed by atoms with Gasteiger partial charge in [0.25, 0.3) is 0 Å². The summed E-state index contributed by atoms with van der Waals surface area (Å²) >= 11 is 1.29. The van der Waals surface area contributed by atoms with Crippen molar-refractivity contribution >= 4 is 23.5 Å². The highest BCUT2D eigenvalue weighted by Crippen LogP contribution is 2.34. The standard InChI is InChI=1S/C7H8N4O2S/c1-4-6(7(12)13)14-3-11(4)5-2-8-10-9-5/h2H,3H2,1H3,(H,12,13)(H,8,9,10). The van der Waals surface area contributed by atoms with Gasteiger partial charge in [0.2, 0.25) is 0 Å². The van der Waals surface area contributed by atoms with E-state index in [-0.39, 0.29) is 0 Å². The summed E-state index contributed by atoms with van der Waals surface area (Å²) in [5.74, 6) is 0.324. The quantitative estimate of drug-likeness (QED) is 0.748. The van der Waals surface area contributed by atoms with Crippen LogP contribution in [-0.2, 0) is 4.79 Å². The molecule has 14 heavy (non-hydrogen) atoms. The van der Waals surface area contributed by atoms with Gasteiger partial charge in [-0.1, -0.05) is 11.8 Å². The van der Waals surface area contributed by atoms with Crippen molar-refractivity contribution in [2.75, 3.05) is 10.8 Å². The summed E-state index contributed by atoms with van der Waals surface area (Å²) < 4.78 is 0. The second kappa shape index (κ2) is 3.33. The van der Waals surface area contributed by atoms with E-state index < -0.39 is 5.97 Å². The van der Waals surface area contributed by atoms with Gasteiger partial charge >= 0.3 is 5.97 Å². The Balaban J connectivity index is 2.31. The van der Waals surface area contributed by atoms with Gasteiger partial charge in [-0.3, -0.25) is 0 Å². The molecule has 0 fully saturated rings. The zero-order chi connectivity index (χ0) is 10.1. The third kappa shape index (κ3) is 1.35. The molecule has 2 N–H and O–H groups in total. The number of H-pyrrole nitrogens is 1. The Labute approximate surface area is 84.0 Å². The van der Waals surface area contributed by atoms with Crippen molar-refractivity contribution < 1.29 is 9.90 Å². The van der Waals surface area contributed by atoms with E-state index in [1.165, 1.54) is 11.8 Å². The molecule has 0 radical (unpaired) electrons. The van der Waals surface area contributed by atoms with Gasteiger partial charge in [0.15, 0.2) is 5.82 Å². The molecule has 0 aliphatic carbocycles. The third-order valence-electron chi connectivity index (χ3n) is 1.94. The van der Waals surface area contributed by atoms with Crippen LogP contribution in [0.15, 0.2) is 16.8 Å². The van der Waals surface area contributed by atoms with Crippen molar-refractivity contribution in [1.29, 1.82) is 0 Å². The van der Waals surface area contributed by atoms with E-state index >= 15 is 0 Å². The molecule has 0 saturated heterocycles. The molecular weight excluding hydrogens is 204 g/mol. The maximum absolute atomic E-state index is 10.8. The number of allylic oxidation sites excluding steroid dienone is 1. The van der Waals surface area contributed by atoms with E-state index in [2.05, 4.69) is 15.4 Å². The van der Waals surface area contributed by atoms with Crippen molar-refractivity contribution in [2.24, 2.45) is 0 Å². The second-order valence-electron chi connectivity index (χ2n) is 2.75. The molecule has 0 atom stereocenters. The lowest BCUT2D eigenvalue weighted by Gasteiger charge is -2.13. The number of carboxylic acids is 1. The molecule has 74 valence electrons. The molecule has 1 aromatic rings. The highest BCUT2D eigenvalue weighted by atomic mass is 32.2. The van der Waals surface area contributed by atoms with Crippen LogP contribution in [0.5, 0.6) is 0 Å². The van der Waals surface area contributed by atoms with E-state index in [1.807, 2.05) is 0 Å². The SMILES string of the molecule is CC1=C(C(=O)O)SCN1c1cn[nH]n1. The summed E-state index contributed by atoms with van der Waals surface area (Å²) in [7, 11) is 0. The second-order valence-corrected chi connectivity index (χ2v) is 3.70. The molecule has 7 heteroatoms. The van der Waals surface area contributed by atoms with Crippen LogP contribution in [-0.4, -0.2) is 32.4 Å². The molecule has 0 spiro atoms. The van der Waals surface area contributed by atoms with Gasteiger partial charge in [0.1, 0.15) is 4.91 Å². The summed E-state index contributed by atoms with van der Waals surface area (Å²) in [4.78, 5) is 12.9. The maximum Gasteiger partial charge on any atom is 0.344 e. The van der Waals surface area contributed by atoms with Gasteiger partial charge < -0.3 is 10.0 Å². The van der Waals surface area contributed by atoms with E-state index in [0.717, 1.165) is 0 Å². The lowest BCUT2D eigenvalue weighted by molar-refractivity contribution is -0.131. The van der Waals surface area contributed by atoms with Crippen LogP contribution in [0.25, 0.3) is 0 Å². The van der Waals surface area contributed by atoms with Crippen LogP contribution in [0.4, 0.5) is 5.82 Å². The van der Waals surface area contributed by atoms with Crippen LogP contribution in [0.1, 0.15) is 6.92 Å². The van der Waals surface area contributed by atoms with Crippen LogP contribution in [0, 0.1) is 0 Å². The number of anilines is 1. The number of carbonyl (C=O) groups is 1. The molecule has 0 unspecified atom stereocenters. The predicted octanol–water partition coefficient (Wildman–Crippen LogP) is 0.631. The normalized spacial score (nSPS) is 16.5. The summed E-state index contributed by atoms with van der Waals surface area (Å²) in [5, 5.41) is 18.9. The number of hydrogen-bond acceptors (Lipinski definition) is 5. The molecule has 0 bridgehead atoms. The zero-order valence-corrected chi connectivity index (χ0v) is 8.21. The summed E-state index contributed by atoms with van der Waals surface area (Å²) in [6, 6.07) is 0. The first-order valence-electron chi connectivity index (χ1n) is 3.90. The van der Waals surface area contributed by atoms with Gasteiger partial charge in [-0.2, -0.15) is 10.3 Å². The van der Waals surface area contributed by atoms with Gasteiger partial charge in [0.05, 0.1) is 12.1 Å². The van der Waals surface area contributed by atoms with Crippen LogP contribution in [0.3, 0.4) is 0 Å². The van der Waals surface area contributed by atoms with Crippen LogP contribution >= 0.6 is 11.8 Å². The number of aromatic amines is 1. The summed E-state index contributed by atoms with van der Waals surface area (Å²) in [5.41, 5.74) is 0.705. The Kier molecular flexibility index (Phi) is 2.16. The molecule has 0 saturated carbocycles. The first-order valence-corrected chi connectivity index (χ1v) is 4.89. The van der Waals surface area contributed by atoms with E-state index in [9.17, 15) is 4.79 Å². The van der Waals surface area contributed by atoms with Crippen molar-refractivity contribution in [1.82, 2.24) is 15.4 Å². The molecule has 2 heterocycles. The number of rotatable bonds is 2. The smallest absolute Gasteiger partial charge is 0.344 e. The first-order chi connectivity index (χ1) is 6.70. The Morgan fingerprint density at radius 1 is 1.79 bits per heavy atom. The first kappa shape index (κ1) is 9.07. The Bertz CT molecular complexity index is 386. The van der Waals surface area contributed by atoms with Crippen molar-refractivity contribution in [3.8, 4) is 0 Å². The van der Waals surface area contributed by atoms with Crippen LogP contribution in [0.2, 0.25) is 0 Å². The Morgan fingerprint density at radius 3 is 3.07 bits per heavy atom. The molecule has 1 aliphatic heterocycles. The number of nitrogens with zero attached hydrogens (tertiary/aromatic N) is 3. The van der Waals surface area contributed by atoms with E-state index in [4.69, 9.17) is 5.11 Å². The number of hydrogen-bond donors (Lipinski definition) is 2. The maximum atomic E-state index is 10.8. The van der Waals surface area contributed by atoms with E-state index in [1.54, 1.807) is 18.0 Å². The van der Waals surface area contributed by atoms with Crippen LogP contribution < -0.4 is 4.90 Å². The molecule has 2 rings (SSSR count). The van der Waals surface area contributed by atoms with Gasteiger partial charge in [-0.15, -0.1) is 5.10 Å². The average Bonchev–Trinajstić information content (AvgIpc) is 2.71. The molecule has 6 nitrogen and oxygen atoms in total. The molecule has 0 amide bonds. The molecular formula is C7H8N4O2S. The fourth-order valence-corrected chi connectivity index (χ4v) is 2.26. The van der Waals surface area contributed by atoms with Crippen molar-refractivity contribution in [3.63, 3.8) is 0 Å². The van der Waals surface area contributed by atoms with Gasteiger partial charge in [-0.05, 0) is 6.92 Å². The summed E-state index contributed by atoms with van der Waals surface area (Å²) in [6.45, 7) is 1.76. The van der Waals surface area contributed by atoms with E-state index in [0.29, 0.717) is 22.3 Å². The zero-order valence-electron chi connectivity index (χ0n) is 7.39. The number of aliphatic carboxylic acids is 1. The van der Waals surface area contributed by atoms with Gasteiger partial charge in [0, 0.05) is 5.70 Å². The average molecular weight is 212 g/mol.